The lowest BCUT2D eigenvalue weighted by Crippen LogP contribution is -2.43. The maximum atomic E-state index is 11.8. The van der Waals surface area contributed by atoms with Crippen molar-refractivity contribution in [2.45, 2.75) is 31.5 Å². The van der Waals surface area contributed by atoms with Gasteiger partial charge in [0.25, 0.3) is 0 Å². The Morgan fingerprint density at radius 3 is 2.75 bits per heavy atom. The van der Waals surface area contributed by atoms with Crippen molar-refractivity contribution < 1.29 is 19.0 Å². The van der Waals surface area contributed by atoms with Crippen LogP contribution < -0.4 is 15.8 Å². The summed E-state index contributed by atoms with van der Waals surface area (Å²) in [4.78, 5) is 14.2. The predicted octanol–water partition coefficient (Wildman–Crippen LogP) is 1.61. The predicted molar refractivity (Wildman–Crippen MR) is 115 cm³/mol. The molecule has 162 valence electrons. The Balaban J connectivity index is 0.00000364. The van der Waals surface area contributed by atoms with Gasteiger partial charge in [0, 0.05) is 39.5 Å². The van der Waals surface area contributed by atoms with Crippen molar-refractivity contribution in [3.05, 3.63) is 29.8 Å². The minimum absolute atomic E-state index is 0. The standard InChI is InChI=1S/C19H31N3O4.2ClH/c1-22(16-6-9-25-10-7-16)8-11-26-17-5-3-4-15(12-17)13-21-19(23)18(20)14-24-2;;/h3-5,12,16,18H,6-11,13-14,20H2,1-2H3,(H,21,23);2*1H. The smallest absolute Gasteiger partial charge is 0.239 e. The molecule has 0 bridgehead atoms. The highest BCUT2D eigenvalue weighted by atomic mass is 35.5. The van der Waals surface area contributed by atoms with Gasteiger partial charge in [-0.25, -0.2) is 0 Å². The number of ether oxygens (including phenoxy) is 3. The molecule has 28 heavy (non-hydrogen) atoms. The van der Waals surface area contributed by atoms with Gasteiger partial charge in [0.1, 0.15) is 18.4 Å². The van der Waals surface area contributed by atoms with E-state index in [-0.39, 0.29) is 37.3 Å². The van der Waals surface area contributed by atoms with Gasteiger partial charge in [0.2, 0.25) is 5.91 Å². The molecule has 1 saturated heterocycles. The highest BCUT2D eigenvalue weighted by Crippen LogP contribution is 2.15. The van der Waals surface area contributed by atoms with Crippen LogP contribution >= 0.6 is 24.8 Å². The summed E-state index contributed by atoms with van der Waals surface area (Å²) in [5.41, 5.74) is 6.67. The van der Waals surface area contributed by atoms with Gasteiger partial charge in [-0.2, -0.15) is 0 Å². The van der Waals surface area contributed by atoms with E-state index < -0.39 is 6.04 Å². The van der Waals surface area contributed by atoms with Gasteiger partial charge in [0.05, 0.1) is 6.61 Å². The minimum Gasteiger partial charge on any atom is -0.492 e. The van der Waals surface area contributed by atoms with E-state index in [1.807, 2.05) is 24.3 Å². The quantitative estimate of drug-likeness (QED) is 0.578. The fraction of sp³-hybridized carbons (Fsp3) is 0.632. The number of nitrogens with two attached hydrogens (primary N) is 1. The summed E-state index contributed by atoms with van der Waals surface area (Å²) in [6, 6.07) is 7.66. The van der Waals surface area contributed by atoms with Crippen molar-refractivity contribution in [2.75, 3.05) is 47.1 Å². The zero-order chi connectivity index (χ0) is 18.8. The van der Waals surface area contributed by atoms with E-state index in [0.717, 1.165) is 43.9 Å². The number of nitrogens with zero attached hydrogens (tertiary/aromatic N) is 1. The van der Waals surface area contributed by atoms with E-state index in [2.05, 4.69) is 17.3 Å². The number of hydrogen-bond acceptors (Lipinski definition) is 6. The summed E-state index contributed by atoms with van der Waals surface area (Å²) in [7, 11) is 3.65. The third kappa shape index (κ3) is 9.41. The molecule has 1 fully saturated rings. The second-order valence-corrected chi connectivity index (χ2v) is 6.60. The van der Waals surface area contributed by atoms with Gasteiger partial charge >= 0.3 is 0 Å². The average Bonchev–Trinajstić information content (AvgIpc) is 2.67. The Kier molecular flexibility index (Phi) is 14.3. The first-order valence-corrected chi connectivity index (χ1v) is 9.12. The molecular formula is C19H33Cl2N3O4. The van der Waals surface area contributed by atoms with Crippen molar-refractivity contribution in [3.63, 3.8) is 0 Å². The van der Waals surface area contributed by atoms with Crippen LogP contribution in [0.5, 0.6) is 5.75 Å². The summed E-state index contributed by atoms with van der Waals surface area (Å²) in [6.45, 7) is 3.81. The molecule has 0 aliphatic carbocycles. The molecule has 1 aromatic carbocycles. The molecular weight excluding hydrogens is 405 g/mol. The third-order valence-corrected chi connectivity index (χ3v) is 4.58. The van der Waals surface area contributed by atoms with Crippen molar-refractivity contribution >= 4 is 30.7 Å². The van der Waals surface area contributed by atoms with Crippen LogP contribution in [0, 0.1) is 0 Å². The Morgan fingerprint density at radius 2 is 2.07 bits per heavy atom. The van der Waals surface area contributed by atoms with Crippen molar-refractivity contribution in [1.29, 1.82) is 0 Å². The number of amides is 1. The number of benzene rings is 1. The number of halogens is 2. The highest BCUT2D eigenvalue weighted by molar-refractivity contribution is 5.85. The molecule has 0 aromatic heterocycles. The third-order valence-electron chi connectivity index (χ3n) is 4.58. The summed E-state index contributed by atoms with van der Waals surface area (Å²) < 4.78 is 16.2. The topological polar surface area (TPSA) is 86.0 Å². The number of carbonyl (C=O) groups excluding carboxylic acids is 1. The first kappa shape index (κ1) is 26.9. The molecule has 1 heterocycles. The molecule has 7 nitrogen and oxygen atoms in total. The van der Waals surface area contributed by atoms with E-state index in [4.69, 9.17) is 19.9 Å². The Hall–Kier alpha value is -1.09. The molecule has 1 aromatic rings. The number of nitrogens with one attached hydrogen (secondary N) is 1. The van der Waals surface area contributed by atoms with Crippen LogP contribution in [0.4, 0.5) is 0 Å². The van der Waals surface area contributed by atoms with Gasteiger partial charge in [-0.15, -0.1) is 24.8 Å². The Morgan fingerprint density at radius 1 is 1.36 bits per heavy atom. The van der Waals surface area contributed by atoms with Crippen LogP contribution in [-0.4, -0.2) is 70.0 Å². The highest BCUT2D eigenvalue weighted by Gasteiger charge is 2.18. The van der Waals surface area contributed by atoms with Gasteiger partial charge in [0.15, 0.2) is 0 Å². The summed E-state index contributed by atoms with van der Waals surface area (Å²) in [6.07, 6.45) is 2.16. The van der Waals surface area contributed by atoms with Gasteiger partial charge in [-0.05, 0) is 37.6 Å². The summed E-state index contributed by atoms with van der Waals surface area (Å²) >= 11 is 0. The first-order valence-electron chi connectivity index (χ1n) is 9.12. The lowest BCUT2D eigenvalue weighted by molar-refractivity contribution is -0.123. The second-order valence-electron chi connectivity index (χ2n) is 6.60. The van der Waals surface area contributed by atoms with Gasteiger partial charge < -0.3 is 25.3 Å². The number of likely N-dealkylation sites (N-methyl/N-ethyl adjacent to an activating group) is 1. The van der Waals surface area contributed by atoms with E-state index in [9.17, 15) is 4.79 Å². The Labute approximate surface area is 180 Å². The molecule has 1 unspecified atom stereocenters. The number of carbonyl (C=O) groups is 1. The van der Waals surface area contributed by atoms with Gasteiger partial charge in [-0.3, -0.25) is 9.69 Å². The van der Waals surface area contributed by atoms with Crippen molar-refractivity contribution in [1.82, 2.24) is 10.2 Å². The summed E-state index contributed by atoms with van der Waals surface area (Å²) in [5, 5.41) is 2.81. The molecule has 0 saturated carbocycles. The SMILES string of the molecule is COCC(N)C(=O)NCc1cccc(OCCN(C)C2CCOCC2)c1.Cl.Cl. The maximum absolute atomic E-state index is 11.8. The molecule has 1 aliphatic rings. The van der Waals surface area contributed by atoms with Gasteiger partial charge in [-0.1, -0.05) is 12.1 Å². The van der Waals surface area contributed by atoms with Crippen LogP contribution in [0.1, 0.15) is 18.4 Å². The number of methoxy groups -OCH3 is 1. The van der Waals surface area contributed by atoms with Crippen LogP contribution in [0.2, 0.25) is 0 Å². The van der Waals surface area contributed by atoms with E-state index in [0.29, 0.717) is 19.2 Å². The summed E-state index contributed by atoms with van der Waals surface area (Å²) in [5.74, 6) is 0.578. The van der Waals surface area contributed by atoms with Crippen LogP contribution in [0.15, 0.2) is 24.3 Å². The van der Waals surface area contributed by atoms with Crippen LogP contribution in [0.25, 0.3) is 0 Å². The van der Waals surface area contributed by atoms with Crippen LogP contribution in [0.3, 0.4) is 0 Å². The monoisotopic (exact) mass is 437 g/mol. The number of rotatable bonds is 10. The average molecular weight is 438 g/mol. The molecule has 0 spiro atoms. The fourth-order valence-electron chi connectivity index (χ4n) is 2.94. The van der Waals surface area contributed by atoms with Crippen LogP contribution in [-0.2, 0) is 20.8 Å². The largest absolute Gasteiger partial charge is 0.492 e. The minimum atomic E-state index is -0.653. The molecule has 1 amide bonds. The zero-order valence-electron chi connectivity index (χ0n) is 16.6. The molecule has 9 heteroatoms. The maximum Gasteiger partial charge on any atom is 0.239 e. The zero-order valence-corrected chi connectivity index (χ0v) is 18.2. The molecule has 2 rings (SSSR count). The normalized spacial score (nSPS) is 15.3. The Bertz CT molecular complexity index is 560. The molecule has 1 atom stereocenters. The second kappa shape index (κ2) is 14.8. The lowest BCUT2D eigenvalue weighted by atomic mass is 10.1. The van der Waals surface area contributed by atoms with Crippen molar-refractivity contribution in [2.24, 2.45) is 5.73 Å². The van der Waals surface area contributed by atoms with E-state index >= 15 is 0 Å². The molecule has 3 N–H and O–H groups in total. The van der Waals surface area contributed by atoms with Crippen molar-refractivity contribution in [3.8, 4) is 5.75 Å². The molecule has 1 aliphatic heterocycles. The first-order chi connectivity index (χ1) is 12.6. The van der Waals surface area contributed by atoms with E-state index in [1.54, 1.807) is 0 Å². The van der Waals surface area contributed by atoms with E-state index in [1.165, 1.54) is 7.11 Å². The fourth-order valence-corrected chi connectivity index (χ4v) is 2.94. The number of hydrogen-bond donors (Lipinski definition) is 2. The molecule has 0 radical (unpaired) electrons. The lowest BCUT2D eigenvalue weighted by Gasteiger charge is -2.31.